The third kappa shape index (κ3) is 5.14. The van der Waals surface area contributed by atoms with Gasteiger partial charge in [0, 0.05) is 32.1 Å². The molecule has 2 fully saturated rings. The van der Waals surface area contributed by atoms with E-state index in [1.807, 2.05) is 20.8 Å². The maximum Gasteiger partial charge on any atom is 0.410 e. The van der Waals surface area contributed by atoms with Crippen molar-refractivity contribution in [2.45, 2.75) is 45.6 Å². The van der Waals surface area contributed by atoms with Crippen LogP contribution in [0.4, 0.5) is 10.6 Å². The zero-order valence-corrected chi connectivity index (χ0v) is 18.0. The van der Waals surface area contributed by atoms with Crippen LogP contribution in [-0.4, -0.2) is 54.4 Å². The van der Waals surface area contributed by atoms with Gasteiger partial charge in [0.15, 0.2) is 0 Å². The second-order valence-electron chi connectivity index (χ2n) is 8.04. The number of rotatable bonds is 4. The average Bonchev–Trinajstić information content (AvgIpc) is 3.24. The van der Waals surface area contributed by atoms with Crippen molar-refractivity contribution in [3.05, 3.63) is 15.7 Å². The largest absolute Gasteiger partial charge is 0.476 e. The molecule has 0 bridgehead atoms. The number of likely N-dealkylation sites (tertiary alicyclic amines) is 1. The normalized spacial score (nSPS) is 20.5. The molecule has 0 aromatic carbocycles. The van der Waals surface area contributed by atoms with Gasteiger partial charge in [-0.1, -0.05) is 0 Å². The first-order chi connectivity index (χ1) is 12.3. The first kappa shape index (κ1) is 19.5. The fraction of sp³-hybridized carbons (Fsp3) is 0.684. The Kier molecular flexibility index (Phi) is 6.14. The van der Waals surface area contributed by atoms with Gasteiger partial charge in [-0.05, 0) is 74.8 Å². The van der Waals surface area contributed by atoms with Crippen molar-refractivity contribution in [3.8, 4) is 5.88 Å². The lowest BCUT2D eigenvalue weighted by molar-refractivity contribution is 0.0284. The first-order valence-corrected chi connectivity index (χ1v) is 10.4. The van der Waals surface area contributed by atoms with Crippen LogP contribution in [0.2, 0.25) is 0 Å². The summed E-state index contributed by atoms with van der Waals surface area (Å²) in [5.41, 5.74) is -0.457. The van der Waals surface area contributed by atoms with E-state index in [0.717, 1.165) is 35.4 Å². The second kappa shape index (κ2) is 8.19. The van der Waals surface area contributed by atoms with E-state index in [4.69, 9.17) is 14.5 Å². The summed E-state index contributed by atoms with van der Waals surface area (Å²) in [6.45, 7) is 9.79. The van der Waals surface area contributed by atoms with E-state index >= 15 is 0 Å². The van der Waals surface area contributed by atoms with E-state index in [9.17, 15) is 4.79 Å². The highest BCUT2D eigenvalue weighted by Gasteiger charge is 2.30. The van der Waals surface area contributed by atoms with Crippen LogP contribution in [0.25, 0.3) is 0 Å². The molecule has 7 heteroatoms. The summed E-state index contributed by atoms with van der Waals surface area (Å²) in [5.74, 6) is 2.01. The highest BCUT2D eigenvalue weighted by Crippen LogP contribution is 2.26. The molecular weight excluding hydrogens is 445 g/mol. The van der Waals surface area contributed by atoms with Crippen LogP contribution in [0, 0.1) is 9.49 Å². The van der Waals surface area contributed by atoms with Gasteiger partial charge in [-0.15, -0.1) is 0 Å². The number of carbonyl (C=O) groups excluding carboxylic acids is 1. The standard InChI is InChI=1S/C19H28IN3O3/c1-19(2,3)26-18(24)23-11-8-14(12-23)13-25-17-15(20)6-7-16(21-17)22-9-4-5-10-22/h6-7,14H,4-5,8-13H2,1-3H3/t14-/m0/s1. The van der Waals surface area contributed by atoms with Gasteiger partial charge in [0.2, 0.25) is 5.88 Å². The molecule has 0 N–H and O–H groups in total. The van der Waals surface area contributed by atoms with Crippen LogP contribution in [0.15, 0.2) is 12.1 Å². The van der Waals surface area contributed by atoms with Gasteiger partial charge in [0.05, 0.1) is 10.2 Å². The number of anilines is 1. The summed E-state index contributed by atoms with van der Waals surface area (Å²) in [7, 11) is 0. The lowest BCUT2D eigenvalue weighted by Gasteiger charge is -2.24. The summed E-state index contributed by atoms with van der Waals surface area (Å²) < 4.78 is 12.5. The van der Waals surface area contributed by atoms with Crippen molar-refractivity contribution in [3.63, 3.8) is 0 Å². The molecule has 0 saturated carbocycles. The van der Waals surface area contributed by atoms with Crippen molar-refractivity contribution >= 4 is 34.5 Å². The number of halogens is 1. The highest BCUT2D eigenvalue weighted by atomic mass is 127. The van der Waals surface area contributed by atoms with Crippen LogP contribution >= 0.6 is 22.6 Å². The minimum absolute atomic E-state index is 0.233. The van der Waals surface area contributed by atoms with Crippen LogP contribution in [0.1, 0.15) is 40.0 Å². The molecule has 2 aliphatic rings. The Bertz CT molecular complexity index is 641. The van der Waals surface area contributed by atoms with Crippen molar-refractivity contribution in [1.82, 2.24) is 9.88 Å². The average molecular weight is 473 g/mol. The smallest absolute Gasteiger partial charge is 0.410 e. The Balaban J connectivity index is 1.53. The number of amides is 1. The maximum absolute atomic E-state index is 12.2. The molecule has 26 heavy (non-hydrogen) atoms. The molecule has 1 aromatic heterocycles. The topological polar surface area (TPSA) is 54.9 Å². The number of aromatic nitrogens is 1. The lowest BCUT2D eigenvalue weighted by Crippen LogP contribution is -2.35. The van der Waals surface area contributed by atoms with Gasteiger partial charge >= 0.3 is 6.09 Å². The van der Waals surface area contributed by atoms with E-state index < -0.39 is 5.60 Å². The molecule has 0 spiro atoms. The summed E-state index contributed by atoms with van der Waals surface area (Å²) in [5, 5.41) is 0. The molecule has 3 heterocycles. The van der Waals surface area contributed by atoms with E-state index in [1.54, 1.807) is 4.90 Å². The van der Waals surface area contributed by atoms with Crippen molar-refractivity contribution in [2.75, 3.05) is 37.7 Å². The Hall–Kier alpha value is -1.25. The molecule has 3 rings (SSSR count). The Morgan fingerprint density at radius 2 is 2.00 bits per heavy atom. The molecular formula is C19H28IN3O3. The fourth-order valence-corrected chi connectivity index (χ4v) is 3.75. The first-order valence-electron chi connectivity index (χ1n) is 9.34. The SMILES string of the molecule is CC(C)(C)OC(=O)N1CC[C@H](COc2nc(N3CCCC3)ccc2I)C1. The zero-order valence-electron chi connectivity index (χ0n) is 15.8. The van der Waals surface area contributed by atoms with E-state index in [1.165, 1.54) is 12.8 Å². The number of hydrogen-bond acceptors (Lipinski definition) is 5. The molecule has 0 aliphatic carbocycles. The predicted molar refractivity (Wildman–Crippen MR) is 110 cm³/mol. The summed E-state index contributed by atoms with van der Waals surface area (Å²) in [4.78, 5) is 21.0. The molecule has 6 nitrogen and oxygen atoms in total. The molecule has 0 unspecified atom stereocenters. The molecule has 1 atom stereocenters. The Labute approximate surface area is 169 Å². The number of carbonyl (C=O) groups is 1. The van der Waals surface area contributed by atoms with Crippen LogP contribution in [-0.2, 0) is 4.74 Å². The molecule has 0 radical (unpaired) electrons. The third-order valence-corrected chi connectivity index (χ3v) is 5.44. The lowest BCUT2D eigenvalue weighted by atomic mass is 10.1. The van der Waals surface area contributed by atoms with Gasteiger partial charge < -0.3 is 19.3 Å². The van der Waals surface area contributed by atoms with Crippen LogP contribution < -0.4 is 9.64 Å². The summed E-state index contributed by atoms with van der Waals surface area (Å²) >= 11 is 2.27. The minimum Gasteiger partial charge on any atom is -0.476 e. The minimum atomic E-state index is -0.457. The molecule has 2 aliphatic heterocycles. The van der Waals surface area contributed by atoms with Crippen LogP contribution in [0.3, 0.4) is 0 Å². The predicted octanol–water partition coefficient (Wildman–Crippen LogP) is 3.92. The monoisotopic (exact) mass is 473 g/mol. The Morgan fingerprint density at radius 1 is 1.27 bits per heavy atom. The van der Waals surface area contributed by atoms with E-state index in [2.05, 4.69) is 39.6 Å². The number of nitrogens with zero attached hydrogens (tertiary/aromatic N) is 3. The van der Waals surface area contributed by atoms with E-state index in [0.29, 0.717) is 24.9 Å². The second-order valence-corrected chi connectivity index (χ2v) is 9.20. The summed E-state index contributed by atoms with van der Waals surface area (Å²) in [6, 6.07) is 4.14. The zero-order chi connectivity index (χ0) is 18.7. The summed E-state index contributed by atoms with van der Waals surface area (Å²) in [6.07, 6.45) is 3.16. The maximum atomic E-state index is 12.2. The van der Waals surface area contributed by atoms with Crippen molar-refractivity contribution in [2.24, 2.45) is 5.92 Å². The van der Waals surface area contributed by atoms with Gasteiger partial charge in [-0.2, -0.15) is 4.98 Å². The van der Waals surface area contributed by atoms with Gasteiger partial charge in [-0.25, -0.2) is 4.79 Å². The highest BCUT2D eigenvalue weighted by molar-refractivity contribution is 14.1. The quantitative estimate of drug-likeness (QED) is 0.621. The molecule has 144 valence electrons. The number of ether oxygens (including phenoxy) is 2. The number of pyridine rings is 1. The van der Waals surface area contributed by atoms with Crippen LogP contribution in [0.5, 0.6) is 5.88 Å². The van der Waals surface area contributed by atoms with Gasteiger partial charge in [-0.3, -0.25) is 0 Å². The molecule has 2 saturated heterocycles. The van der Waals surface area contributed by atoms with E-state index in [-0.39, 0.29) is 6.09 Å². The van der Waals surface area contributed by atoms with Gasteiger partial charge in [0.25, 0.3) is 0 Å². The molecule has 1 aromatic rings. The van der Waals surface area contributed by atoms with Crippen molar-refractivity contribution in [1.29, 1.82) is 0 Å². The van der Waals surface area contributed by atoms with Gasteiger partial charge in [0.1, 0.15) is 11.4 Å². The number of hydrogen-bond donors (Lipinski definition) is 0. The molecule has 1 amide bonds. The third-order valence-electron chi connectivity index (χ3n) is 4.62. The Morgan fingerprint density at radius 3 is 2.69 bits per heavy atom. The van der Waals surface area contributed by atoms with Crippen molar-refractivity contribution < 1.29 is 14.3 Å². The fourth-order valence-electron chi connectivity index (χ4n) is 3.30.